The van der Waals surface area contributed by atoms with E-state index in [-0.39, 0.29) is 53.2 Å². The average molecular weight is 491 g/mol. The predicted octanol–water partition coefficient (Wildman–Crippen LogP) is 2.60. The third-order valence-electron chi connectivity index (χ3n) is 4.60. The van der Waals surface area contributed by atoms with E-state index in [2.05, 4.69) is 5.32 Å². The van der Waals surface area contributed by atoms with Crippen LogP contribution in [0.25, 0.3) is 0 Å². The Balaban J connectivity index is 1.99. The van der Waals surface area contributed by atoms with Crippen molar-refractivity contribution in [2.75, 3.05) is 38.7 Å². The third-order valence-corrected chi connectivity index (χ3v) is 6.83. The summed E-state index contributed by atoms with van der Waals surface area (Å²) in [5, 5.41) is 10.8. The lowest BCUT2D eigenvalue weighted by Gasteiger charge is -2.27. The van der Waals surface area contributed by atoms with Crippen LogP contribution in [0, 0.1) is 11.6 Å². The number of sulfonamides is 1. The molecule has 1 aliphatic heterocycles. The summed E-state index contributed by atoms with van der Waals surface area (Å²) >= 11 is 6.11. The third kappa shape index (κ3) is 4.67. The summed E-state index contributed by atoms with van der Waals surface area (Å²) in [5.74, 6) is -5.68. The molecule has 13 heteroatoms. The Morgan fingerprint density at radius 3 is 2.28 bits per heavy atom. The Labute approximate surface area is 186 Å². The number of halogens is 3. The molecule has 0 aromatic heterocycles. The second kappa shape index (κ2) is 9.36. The second-order valence-corrected chi connectivity index (χ2v) is 8.89. The Kier molecular flexibility index (Phi) is 6.98. The minimum atomic E-state index is -4.07. The first-order chi connectivity index (χ1) is 15.1. The van der Waals surface area contributed by atoms with Crippen LogP contribution in [-0.4, -0.2) is 63.1 Å². The number of hydrogen-bond donors (Lipinski definition) is 2. The number of ether oxygens (including phenoxy) is 2. The molecule has 0 atom stereocenters. The quantitative estimate of drug-likeness (QED) is 0.638. The molecule has 0 aliphatic carbocycles. The number of anilines is 1. The van der Waals surface area contributed by atoms with Crippen LogP contribution in [0.2, 0.25) is 5.02 Å². The normalized spacial score (nSPS) is 14.8. The molecule has 0 bridgehead atoms. The van der Waals surface area contributed by atoms with Gasteiger partial charge in [0.2, 0.25) is 10.0 Å². The minimum Gasteiger partial charge on any atom is -0.495 e. The van der Waals surface area contributed by atoms with Gasteiger partial charge in [0.1, 0.15) is 27.8 Å². The van der Waals surface area contributed by atoms with Crippen LogP contribution < -0.4 is 10.1 Å². The molecule has 9 nitrogen and oxygen atoms in total. The molecule has 2 aromatic carbocycles. The minimum absolute atomic E-state index is 0.0964. The van der Waals surface area contributed by atoms with Crippen molar-refractivity contribution in [2.24, 2.45) is 0 Å². The number of rotatable bonds is 6. The number of nitrogens with one attached hydrogen (secondary N) is 1. The van der Waals surface area contributed by atoms with Gasteiger partial charge in [-0.25, -0.2) is 22.0 Å². The van der Waals surface area contributed by atoms with E-state index in [0.29, 0.717) is 12.1 Å². The second-order valence-electron chi connectivity index (χ2n) is 6.57. The highest BCUT2D eigenvalue weighted by Crippen LogP contribution is 2.33. The van der Waals surface area contributed by atoms with Crippen molar-refractivity contribution >= 4 is 39.2 Å². The van der Waals surface area contributed by atoms with E-state index in [1.807, 2.05) is 0 Å². The van der Waals surface area contributed by atoms with Gasteiger partial charge in [-0.1, -0.05) is 11.6 Å². The molecular weight excluding hydrogens is 474 g/mol. The summed E-state index contributed by atoms with van der Waals surface area (Å²) in [7, 11) is -2.84. The van der Waals surface area contributed by atoms with Gasteiger partial charge >= 0.3 is 5.97 Å². The van der Waals surface area contributed by atoms with Crippen LogP contribution in [-0.2, 0) is 14.8 Å². The highest BCUT2D eigenvalue weighted by molar-refractivity contribution is 7.89. The molecular formula is C19H17ClF2N2O7S. The van der Waals surface area contributed by atoms with Crippen LogP contribution in [0.1, 0.15) is 20.7 Å². The molecule has 2 aromatic rings. The first kappa shape index (κ1) is 23.9. The molecule has 32 heavy (non-hydrogen) atoms. The fourth-order valence-corrected chi connectivity index (χ4v) is 4.86. The molecule has 3 rings (SSSR count). The van der Waals surface area contributed by atoms with Gasteiger partial charge in [0.25, 0.3) is 5.91 Å². The maximum atomic E-state index is 13.9. The van der Waals surface area contributed by atoms with Crippen molar-refractivity contribution in [1.29, 1.82) is 0 Å². The number of amides is 1. The summed E-state index contributed by atoms with van der Waals surface area (Å²) in [6.07, 6.45) is 0. The number of carboxylic acids is 1. The number of carboxylic acid groups (broad SMARTS) is 1. The van der Waals surface area contributed by atoms with E-state index >= 15 is 0 Å². The standard InChI is InChI=1S/C19H17ClF2N2O7S/c1-30-15-9-12(20)11(8-16(15)32(28,29)24-2-4-31-5-3-24)18(25)23-10-6-13(21)17(19(26)27)14(22)7-10/h6-9H,2-5H2,1H3,(H,23,25)(H,26,27). The van der Waals surface area contributed by atoms with E-state index in [1.165, 1.54) is 11.4 Å². The molecule has 2 N–H and O–H groups in total. The summed E-state index contributed by atoms with van der Waals surface area (Å²) in [4.78, 5) is 23.3. The number of methoxy groups -OCH3 is 1. The Hall–Kier alpha value is -2.80. The highest BCUT2D eigenvalue weighted by Gasteiger charge is 2.31. The molecule has 1 saturated heterocycles. The zero-order chi connectivity index (χ0) is 23.6. The summed E-state index contributed by atoms with van der Waals surface area (Å²) in [5.41, 5.74) is -1.87. The van der Waals surface area contributed by atoms with Crippen molar-refractivity contribution < 1.29 is 41.4 Å². The molecule has 0 radical (unpaired) electrons. The van der Waals surface area contributed by atoms with Gasteiger partial charge in [0, 0.05) is 24.8 Å². The maximum absolute atomic E-state index is 13.9. The van der Waals surface area contributed by atoms with Gasteiger partial charge in [-0.3, -0.25) is 4.79 Å². The highest BCUT2D eigenvalue weighted by atomic mass is 35.5. The fourth-order valence-electron chi connectivity index (χ4n) is 3.04. The van der Waals surface area contributed by atoms with Crippen molar-refractivity contribution in [3.8, 4) is 5.75 Å². The largest absolute Gasteiger partial charge is 0.495 e. The van der Waals surface area contributed by atoms with Gasteiger partial charge in [0.05, 0.1) is 30.9 Å². The van der Waals surface area contributed by atoms with E-state index in [4.69, 9.17) is 26.2 Å². The number of carbonyl (C=O) groups excluding carboxylic acids is 1. The SMILES string of the molecule is COc1cc(Cl)c(C(=O)Nc2cc(F)c(C(=O)O)c(F)c2)cc1S(=O)(=O)N1CCOCC1. The first-order valence-corrected chi connectivity index (χ1v) is 10.9. The van der Waals surface area contributed by atoms with Gasteiger partial charge < -0.3 is 19.9 Å². The number of nitrogens with zero attached hydrogens (tertiary/aromatic N) is 1. The first-order valence-electron chi connectivity index (χ1n) is 9.05. The molecule has 0 unspecified atom stereocenters. The van der Waals surface area contributed by atoms with E-state index < -0.39 is 39.1 Å². The van der Waals surface area contributed by atoms with Crippen LogP contribution in [0.5, 0.6) is 5.75 Å². The molecule has 172 valence electrons. The number of morpholine rings is 1. The average Bonchev–Trinajstić information content (AvgIpc) is 2.73. The smallest absolute Gasteiger partial charge is 0.341 e. The number of benzene rings is 2. The Morgan fingerprint density at radius 2 is 1.75 bits per heavy atom. The van der Waals surface area contributed by atoms with Crippen LogP contribution >= 0.6 is 11.6 Å². The zero-order valence-corrected chi connectivity index (χ0v) is 18.1. The molecule has 1 fully saturated rings. The number of aromatic carboxylic acids is 1. The Morgan fingerprint density at radius 1 is 1.16 bits per heavy atom. The lowest BCUT2D eigenvalue weighted by Crippen LogP contribution is -2.40. The zero-order valence-electron chi connectivity index (χ0n) is 16.5. The molecule has 0 spiro atoms. The predicted molar refractivity (Wildman–Crippen MR) is 109 cm³/mol. The van der Waals surface area contributed by atoms with Crippen molar-refractivity contribution in [1.82, 2.24) is 4.31 Å². The molecule has 1 amide bonds. The van der Waals surface area contributed by atoms with Crippen molar-refractivity contribution in [2.45, 2.75) is 4.90 Å². The number of carbonyl (C=O) groups is 2. The van der Waals surface area contributed by atoms with Gasteiger partial charge in [-0.2, -0.15) is 4.31 Å². The summed E-state index contributed by atoms with van der Waals surface area (Å²) < 4.78 is 65.4. The fraction of sp³-hybridized carbons (Fsp3) is 0.263. The van der Waals surface area contributed by atoms with E-state index in [1.54, 1.807) is 0 Å². The van der Waals surface area contributed by atoms with E-state index in [0.717, 1.165) is 12.1 Å². The van der Waals surface area contributed by atoms with Gasteiger partial charge in [0.15, 0.2) is 0 Å². The van der Waals surface area contributed by atoms with Crippen molar-refractivity contribution in [3.05, 3.63) is 52.0 Å². The molecule has 0 saturated carbocycles. The summed E-state index contributed by atoms with van der Waals surface area (Å²) in [6, 6.07) is 3.37. The molecule has 1 aliphatic rings. The lowest BCUT2D eigenvalue weighted by molar-refractivity contribution is 0.0686. The van der Waals surface area contributed by atoms with Crippen molar-refractivity contribution in [3.63, 3.8) is 0 Å². The Bertz CT molecular complexity index is 1160. The monoisotopic (exact) mass is 490 g/mol. The molecule has 1 heterocycles. The van der Waals surface area contributed by atoms with Gasteiger partial charge in [-0.15, -0.1) is 0 Å². The van der Waals surface area contributed by atoms with Gasteiger partial charge in [-0.05, 0) is 18.2 Å². The topological polar surface area (TPSA) is 122 Å². The maximum Gasteiger partial charge on any atom is 0.341 e. The van der Waals surface area contributed by atoms with Crippen LogP contribution in [0.15, 0.2) is 29.2 Å². The number of hydrogen-bond acceptors (Lipinski definition) is 6. The summed E-state index contributed by atoms with van der Waals surface area (Å²) in [6.45, 7) is 0.603. The van der Waals surface area contributed by atoms with E-state index in [9.17, 15) is 26.8 Å². The van der Waals surface area contributed by atoms with Crippen LogP contribution in [0.3, 0.4) is 0 Å². The van der Waals surface area contributed by atoms with Crippen LogP contribution in [0.4, 0.5) is 14.5 Å². The lowest BCUT2D eigenvalue weighted by atomic mass is 10.1.